The molecule has 0 radical (unpaired) electrons. The Morgan fingerprint density at radius 2 is 2.20 bits per heavy atom. The van der Waals surface area contributed by atoms with Crippen LogP contribution in [-0.4, -0.2) is 24.7 Å². The number of carboxylic acids is 1. The molecule has 4 heteroatoms. The Morgan fingerprint density at radius 3 is 2.73 bits per heavy atom. The van der Waals surface area contributed by atoms with Crippen LogP contribution in [0.2, 0.25) is 0 Å². The molecule has 1 rings (SSSR count). The molecule has 0 unspecified atom stereocenters. The van der Waals surface area contributed by atoms with Crippen molar-refractivity contribution in [1.82, 2.24) is 0 Å². The summed E-state index contributed by atoms with van der Waals surface area (Å²) in [6, 6.07) is 3.54. The predicted molar refractivity (Wildman–Crippen MR) is 64.1 cm³/mol. The van der Waals surface area contributed by atoms with Gasteiger partial charge in [0.25, 0.3) is 0 Å². The van der Waals surface area contributed by atoms with E-state index in [0.29, 0.717) is 4.88 Å². The maximum Gasteiger partial charge on any atom is 0.345 e. The molecule has 0 fully saturated rings. The second-order valence-corrected chi connectivity index (χ2v) is 4.63. The summed E-state index contributed by atoms with van der Waals surface area (Å²) < 4.78 is 0. The highest BCUT2D eigenvalue weighted by Crippen LogP contribution is 2.25. The van der Waals surface area contributed by atoms with Crippen LogP contribution in [0.1, 0.15) is 35.9 Å². The van der Waals surface area contributed by atoms with Crippen molar-refractivity contribution in [3.05, 3.63) is 17.0 Å². The van der Waals surface area contributed by atoms with Crippen LogP contribution in [0.3, 0.4) is 0 Å². The van der Waals surface area contributed by atoms with E-state index in [-0.39, 0.29) is 0 Å². The fourth-order valence-electron chi connectivity index (χ4n) is 1.36. The summed E-state index contributed by atoms with van der Waals surface area (Å²) in [5.41, 5.74) is 0. The first-order valence-corrected chi connectivity index (χ1v) is 6.01. The number of rotatable bonds is 6. The van der Waals surface area contributed by atoms with Gasteiger partial charge in [0.05, 0.1) is 5.00 Å². The fourth-order valence-corrected chi connectivity index (χ4v) is 2.19. The number of carboxylic acid groups (broad SMARTS) is 1. The minimum absolute atomic E-state index is 0.410. The summed E-state index contributed by atoms with van der Waals surface area (Å²) in [6.07, 6.45) is 3.59. The Morgan fingerprint density at radius 1 is 1.47 bits per heavy atom. The Hall–Kier alpha value is -1.03. The van der Waals surface area contributed by atoms with Gasteiger partial charge in [-0.1, -0.05) is 19.8 Å². The standard InChI is InChI=1S/C11H17NO2S/c1-3-4-5-8-12(2)10-7-6-9(15-10)11(13)14/h6-7H,3-5,8H2,1-2H3,(H,13,14). The smallest absolute Gasteiger partial charge is 0.345 e. The number of hydrogen-bond donors (Lipinski definition) is 1. The number of hydrogen-bond acceptors (Lipinski definition) is 3. The van der Waals surface area contributed by atoms with E-state index in [0.717, 1.165) is 18.0 Å². The second-order valence-electron chi connectivity index (χ2n) is 3.57. The summed E-state index contributed by atoms with van der Waals surface area (Å²) in [5, 5.41) is 9.82. The average molecular weight is 227 g/mol. The summed E-state index contributed by atoms with van der Waals surface area (Å²) >= 11 is 1.33. The molecule has 0 saturated carbocycles. The van der Waals surface area contributed by atoms with E-state index in [1.54, 1.807) is 6.07 Å². The zero-order valence-corrected chi connectivity index (χ0v) is 10.0. The van der Waals surface area contributed by atoms with Crippen molar-refractivity contribution >= 4 is 22.3 Å². The lowest BCUT2D eigenvalue weighted by Crippen LogP contribution is -2.16. The van der Waals surface area contributed by atoms with Gasteiger partial charge in [-0.05, 0) is 18.6 Å². The zero-order valence-electron chi connectivity index (χ0n) is 9.19. The van der Waals surface area contributed by atoms with E-state index in [1.807, 2.05) is 13.1 Å². The lowest BCUT2D eigenvalue weighted by molar-refractivity contribution is 0.0702. The molecule has 0 aromatic carbocycles. The van der Waals surface area contributed by atoms with Crippen molar-refractivity contribution in [3.8, 4) is 0 Å². The van der Waals surface area contributed by atoms with Gasteiger partial charge in [-0.3, -0.25) is 0 Å². The number of carbonyl (C=O) groups is 1. The van der Waals surface area contributed by atoms with Gasteiger partial charge in [-0.2, -0.15) is 0 Å². The maximum atomic E-state index is 10.7. The molecule has 1 N–H and O–H groups in total. The topological polar surface area (TPSA) is 40.5 Å². The molecule has 0 aliphatic carbocycles. The first kappa shape index (κ1) is 12.0. The number of aromatic carboxylic acids is 1. The van der Waals surface area contributed by atoms with E-state index in [2.05, 4.69) is 11.8 Å². The molecule has 1 aromatic rings. The van der Waals surface area contributed by atoms with Gasteiger partial charge in [0, 0.05) is 13.6 Å². The summed E-state index contributed by atoms with van der Waals surface area (Å²) in [7, 11) is 2.01. The predicted octanol–water partition coefficient (Wildman–Crippen LogP) is 3.07. The lowest BCUT2D eigenvalue weighted by atomic mass is 10.2. The quantitative estimate of drug-likeness (QED) is 0.759. The Labute approximate surface area is 94.3 Å². The van der Waals surface area contributed by atoms with E-state index in [1.165, 1.54) is 24.2 Å². The molecular formula is C11H17NO2S. The van der Waals surface area contributed by atoms with Crippen molar-refractivity contribution in [2.75, 3.05) is 18.5 Å². The monoisotopic (exact) mass is 227 g/mol. The van der Waals surface area contributed by atoms with E-state index in [4.69, 9.17) is 5.11 Å². The van der Waals surface area contributed by atoms with Crippen LogP contribution in [0.4, 0.5) is 5.00 Å². The SMILES string of the molecule is CCCCCN(C)c1ccc(C(=O)O)s1. The number of anilines is 1. The summed E-state index contributed by atoms with van der Waals surface area (Å²) in [5.74, 6) is -0.840. The van der Waals surface area contributed by atoms with Crippen LogP contribution in [0.25, 0.3) is 0 Å². The molecule has 15 heavy (non-hydrogen) atoms. The average Bonchev–Trinajstić information content (AvgIpc) is 2.66. The molecule has 0 spiro atoms. The second kappa shape index (κ2) is 5.75. The third kappa shape index (κ3) is 3.55. The molecule has 84 valence electrons. The Kier molecular flexibility index (Phi) is 4.62. The highest BCUT2D eigenvalue weighted by molar-refractivity contribution is 7.17. The largest absolute Gasteiger partial charge is 0.477 e. The summed E-state index contributed by atoms with van der Waals surface area (Å²) in [6.45, 7) is 3.17. The van der Waals surface area contributed by atoms with E-state index >= 15 is 0 Å². The van der Waals surface area contributed by atoms with E-state index in [9.17, 15) is 4.79 Å². The van der Waals surface area contributed by atoms with Gasteiger partial charge < -0.3 is 10.0 Å². The molecule has 0 saturated heterocycles. The van der Waals surface area contributed by atoms with Crippen molar-refractivity contribution < 1.29 is 9.90 Å². The first-order valence-electron chi connectivity index (χ1n) is 5.19. The Bertz CT molecular complexity index is 322. The van der Waals surface area contributed by atoms with Crippen LogP contribution in [0.15, 0.2) is 12.1 Å². The van der Waals surface area contributed by atoms with Gasteiger partial charge in [-0.15, -0.1) is 11.3 Å². The minimum atomic E-state index is -0.840. The van der Waals surface area contributed by atoms with Gasteiger partial charge >= 0.3 is 5.97 Å². The molecule has 0 amide bonds. The van der Waals surface area contributed by atoms with Gasteiger partial charge in [-0.25, -0.2) is 4.79 Å². The van der Waals surface area contributed by atoms with Crippen molar-refractivity contribution in [3.63, 3.8) is 0 Å². The Balaban J connectivity index is 2.50. The van der Waals surface area contributed by atoms with Crippen LogP contribution in [-0.2, 0) is 0 Å². The third-order valence-electron chi connectivity index (χ3n) is 2.28. The lowest BCUT2D eigenvalue weighted by Gasteiger charge is -2.16. The maximum absolute atomic E-state index is 10.7. The molecule has 1 heterocycles. The molecule has 0 bridgehead atoms. The summed E-state index contributed by atoms with van der Waals surface area (Å²) in [4.78, 5) is 13.2. The fraction of sp³-hybridized carbons (Fsp3) is 0.545. The van der Waals surface area contributed by atoms with Crippen molar-refractivity contribution in [2.24, 2.45) is 0 Å². The normalized spacial score (nSPS) is 10.3. The number of unbranched alkanes of at least 4 members (excludes halogenated alkanes) is 2. The van der Waals surface area contributed by atoms with Crippen molar-refractivity contribution in [1.29, 1.82) is 0 Å². The number of nitrogens with zero attached hydrogens (tertiary/aromatic N) is 1. The molecule has 0 aliphatic heterocycles. The highest BCUT2D eigenvalue weighted by Gasteiger charge is 2.09. The molecular weight excluding hydrogens is 210 g/mol. The van der Waals surface area contributed by atoms with Crippen LogP contribution in [0.5, 0.6) is 0 Å². The van der Waals surface area contributed by atoms with Crippen LogP contribution >= 0.6 is 11.3 Å². The van der Waals surface area contributed by atoms with E-state index < -0.39 is 5.97 Å². The third-order valence-corrected chi connectivity index (χ3v) is 3.46. The van der Waals surface area contributed by atoms with Crippen molar-refractivity contribution in [2.45, 2.75) is 26.2 Å². The van der Waals surface area contributed by atoms with Gasteiger partial charge in [0.2, 0.25) is 0 Å². The molecule has 3 nitrogen and oxygen atoms in total. The van der Waals surface area contributed by atoms with Gasteiger partial charge in [0.15, 0.2) is 0 Å². The minimum Gasteiger partial charge on any atom is -0.477 e. The molecule has 0 aliphatic rings. The number of thiophene rings is 1. The zero-order chi connectivity index (χ0) is 11.3. The highest BCUT2D eigenvalue weighted by atomic mass is 32.1. The molecule has 1 aromatic heterocycles. The first-order chi connectivity index (χ1) is 7.15. The van der Waals surface area contributed by atoms with Crippen LogP contribution < -0.4 is 4.90 Å². The van der Waals surface area contributed by atoms with Crippen LogP contribution in [0, 0.1) is 0 Å². The van der Waals surface area contributed by atoms with Gasteiger partial charge in [0.1, 0.15) is 4.88 Å². The molecule has 0 atom stereocenters.